The number of carbonyl (C=O) groups excluding carboxylic acids is 1. The Labute approximate surface area is 148 Å². The second-order valence-corrected chi connectivity index (χ2v) is 7.70. The number of hydrogen-bond acceptors (Lipinski definition) is 3. The van der Waals surface area contributed by atoms with Crippen LogP contribution in [0.1, 0.15) is 10.4 Å². The number of alkyl halides is 5. The molecule has 0 aromatic heterocycles. The van der Waals surface area contributed by atoms with Crippen LogP contribution in [-0.2, 0) is 10.1 Å². The standard InChI is InChI=1S/C10H6BrF5INO4S/c11-6-2-1-4(17)3-5(6)7(19)18-8(9(12,13)14)10(15,16)23(20,21)22/h1-3,8H,(H,18,19)(H,20,21,22). The third-order valence-electron chi connectivity index (χ3n) is 2.46. The van der Waals surface area contributed by atoms with Gasteiger partial charge >= 0.3 is 21.5 Å². The lowest BCUT2D eigenvalue weighted by atomic mass is 10.2. The van der Waals surface area contributed by atoms with Gasteiger partial charge in [-0.25, -0.2) is 0 Å². The molecule has 0 radical (unpaired) electrons. The van der Waals surface area contributed by atoms with Crippen LogP contribution in [-0.4, -0.2) is 36.4 Å². The quantitative estimate of drug-likeness (QED) is 0.351. The van der Waals surface area contributed by atoms with Gasteiger partial charge in [-0.3, -0.25) is 9.35 Å². The fraction of sp³-hybridized carbons (Fsp3) is 0.300. The molecule has 5 nitrogen and oxygen atoms in total. The molecule has 0 spiro atoms. The van der Waals surface area contributed by atoms with E-state index in [4.69, 9.17) is 4.55 Å². The Morgan fingerprint density at radius 1 is 1.26 bits per heavy atom. The SMILES string of the molecule is O=C(NC(C(F)(F)F)C(F)(F)S(=O)(=O)O)c1cc(I)ccc1Br. The number of nitrogens with one attached hydrogen (secondary N) is 1. The maximum Gasteiger partial charge on any atom is 0.415 e. The molecule has 1 atom stereocenters. The lowest BCUT2D eigenvalue weighted by Gasteiger charge is -2.27. The molecule has 1 amide bonds. The molecule has 1 aromatic rings. The molecule has 0 saturated heterocycles. The van der Waals surface area contributed by atoms with Crippen molar-refractivity contribution in [3.8, 4) is 0 Å². The summed E-state index contributed by atoms with van der Waals surface area (Å²) < 4.78 is 94.7. The number of rotatable bonds is 4. The van der Waals surface area contributed by atoms with Gasteiger partial charge < -0.3 is 5.32 Å². The highest BCUT2D eigenvalue weighted by Crippen LogP contribution is 2.36. The Morgan fingerprint density at radius 3 is 2.22 bits per heavy atom. The second kappa shape index (κ2) is 6.76. The molecular weight excluding hydrogens is 532 g/mol. The minimum atomic E-state index is -6.41. The van der Waals surface area contributed by atoms with E-state index in [9.17, 15) is 35.2 Å². The molecule has 0 fully saturated rings. The lowest BCUT2D eigenvalue weighted by molar-refractivity contribution is -0.191. The summed E-state index contributed by atoms with van der Waals surface area (Å²) in [5.74, 6) is -1.60. The topological polar surface area (TPSA) is 83.5 Å². The van der Waals surface area contributed by atoms with Crippen molar-refractivity contribution in [2.75, 3.05) is 0 Å². The summed E-state index contributed by atoms with van der Waals surface area (Å²) in [4.78, 5) is 11.8. The van der Waals surface area contributed by atoms with Crippen molar-refractivity contribution >= 4 is 54.5 Å². The zero-order valence-electron chi connectivity index (χ0n) is 10.5. The van der Waals surface area contributed by atoms with Gasteiger partial charge in [0.1, 0.15) is 0 Å². The maximum absolute atomic E-state index is 13.4. The molecule has 13 heteroatoms. The summed E-state index contributed by atoms with van der Waals surface area (Å²) in [6, 6.07) is -0.253. The van der Waals surface area contributed by atoms with Crippen LogP contribution >= 0.6 is 38.5 Å². The van der Waals surface area contributed by atoms with Gasteiger partial charge in [-0.05, 0) is 56.7 Å². The molecule has 0 bridgehead atoms. The zero-order valence-corrected chi connectivity index (χ0v) is 15.1. The maximum atomic E-state index is 13.4. The number of carbonyl (C=O) groups is 1. The number of hydrogen-bond donors (Lipinski definition) is 2. The van der Waals surface area contributed by atoms with E-state index in [1.165, 1.54) is 12.1 Å². The fourth-order valence-electron chi connectivity index (χ4n) is 1.39. The van der Waals surface area contributed by atoms with E-state index in [1.54, 1.807) is 22.6 Å². The van der Waals surface area contributed by atoms with E-state index >= 15 is 0 Å². The van der Waals surface area contributed by atoms with Crippen molar-refractivity contribution in [1.29, 1.82) is 0 Å². The van der Waals surface area contributed by atoms with Gasteiger partial charge in [0.05, 0.1) is 5.56 Å². The molecule has 23 heavy (non-hydrogen) atoms. The first kappa shape index (κ1) is 20.5. The summed E-state index contributed by atoms with van der Waals surface area (Å²) >= 11 is 4.59. The third-order valence-corrected chi connectivity index (χ3v) is 4.74. The Morgan fingerprint density at radius 2 is 1.78 bits per heavy atom. The molecular formula is C10H6BrF5INO4S. The molecule has 130 valence electrons. The van der Waals surface area contributed by atoms with Gasteiger partial charge in [0.2, 0.25) is 6.04 Å². The number of benzene rings is 1. The van der Waals surface area contributed by atoms with Crippen molar-refractivity contribution in [3.63, 3.8) is 0 Å². The Hall–Kier alpha value is -0.540. The Kier molecular flexibility index (Phi) is 6.02. The Bertz CT molecular complexity index is 724. The van der Waals surface area contributed by atoms with Crippen molar-refractivity contribution in [2.45, 2.75) is 17.5 Å². The minimum absolute atomic E-state index is 0.00603. The van der Waals surface area contributed by atoms with Crippen LogP contribution in [0.4, 0.5) is 22.0 Å². The Balaban J connectivity index is 3.28. The van der Waals surface area contributed by atoms with E-state index < -0.39 is 39.1 Å². The first-order valence-electron chi connectivity index (χ1n) is 5.35. The van der Waals surface area contributed by atoms with Crippen molar-refractivity contribution < 1.29 is 39.7 Å². The first-order valence-corrected chi connectivity index (χ1v) is 8.66. The summed E-state index contributed by atoms with van der Waals surface area (Å²) in [5, 5.41) is -4.76. The molecule has 0 aliphatic carbocycles. The summed E-state index contributed by atoms with van der Waals surface area (Å²) in [7, 11) is -6.41. The van der Waals surface area contributed by atoms with Crippen molar-refractivity contribution in [1.82, 2.24) is 5.32 Å². The average molecular weight is 538 g/mol. The van der Waals surface area contributed by atoms with E-state index in [0.29, 0.717) is 3.57 Å². The summed E-state index contributed by atoms with van der Waals surface area (Å²) in [5.41, 5.74) is -0.419. The van der Waals surface area contributed by atoms with Crippen LogP contribution in [0, 0.1) is 3.57 Å². The predicted molar refractivity (Wildman–Crippen MR) is 80.7 cm³/mol. The number of halogens is 7. The monoisotopic (exact) mass is 537 g/mol. The van der Waals surface area contributed by atoms with Crippen LogP contribution in [0.2, 0.25) is 0 Å². The smallest absolute Gasteiger partial charge is 0.334 e. The highest BCUT2D eigenvalue weighted by molar-refractivity contribution is 14.1. The van der Waals surface area contributed by atoms with Crippen LogP contribution < -0.4 is 5.32 Å². The molecule has 0 heterocycles. The molecule has 0 saturated carbocycles. The molecule has 1 aromatic carbocycles. The van der Waals surface area contributed by atoms with Crippen molar-refractivity contribution in [3.05, 3.63) is 31.8 Å². The van der Waals surface area contributed by atoms with E-state index in [2.05, 4.69) is 15.9 Å². The lowest BCUT2D eigenvalue weighted by Crippen LogP contribution is -2.59. The highest BCUT2D eigenvalue weighted by atomic mass is 127. The van der Waals surface area contributed by atoms with Gasteiger partial charge in [0.25, 0.3) is 5.91 Å². The fourth-order valence-corrected chi connectivity index (χ4v) is 2.79. The van der Waals surface area contributed by atoms with E-state index in [1.807, 2.05) is 0 Å². The number of amides is 1. The van der Waals surface area contributed by atoms with Gasteiger partial charge in [-0.15, -0.1) is 0 Å². The zero-order chi connectivity index (χ0) is 18.2. The molecule has 2 N–H and O–H groups in total. The van der Waals surface area contributed by atoms with Crippen LogP contribution in [0.5, 0.6) is 0 Å². The predicted octanol–water partition coefficient (Wildman–Crippen LogP) is 3.20. The largest absolute Gasteiger partial charge is 0.415 e. The van der Waals surface area contributed by atoms with Gasteiger partial charge in [0, 0.05) is 8.04 Å². The first-order chi connectivity index (χ1) is 10.2. The minimum Gasteiger partial charge on any atom is -0.334 e. The van der Waals surface area contributed by atoms with Crippen LogP contribution in [0.25, 0.3) is 0 Å². The summed E-state index contributed by atoms with van der Waals surface area (Å²) in [6.45, 7) is 0. The normalized spacial score (nSPS) is 14.4. The molecule has 0 aliphatic rings. The third kappa shape index (κ3) is 4.73. The van der Waals surface area contributed by atoms with Gasteiger partial charge in [0.15, 0.2) is 0 Å². The van der Waals surface area contributed by atoms with E-state index in [0.717, 1.165) is 11.4 Å². The van der Waals surface area contributed by atoms with Crippen molar-refractivity contribution in [2.24, 2.45) is 0 Å². The summed E-state index contributed by atoms with van der Waals surface area (Å²) in [6.07, 6.45) is -5.83. The van der Waals surface area contributed by atoms with Gasteiger partial charge in [-0.2, -0.15) is 30.4 Å². The van der Waals surface area contributed by atoms with Crippen LogP contribution in [0.15, 0.2) is 22.7 Å². The van der Waals surface area contributed by atoms with E-state index in [-0.39, 0.29) is 4.47 Å². The molecule has 1 rings (SSSR count). The second-order valence-electron chi connectivity index (χ2n) is 4.11. The molecule has 1 unspecified atom stereocenters. The van der Waals surface area contributed by atoms with Crippen LogP contribution in [0.3, 0.4) is 0 Å². The highest BCUT2D eigenvalue weighted by Gasteiger charge is 2.64. The van der Waals surface area contributed by atoms with Gasteiger partial charge in [-0.1, -0.05) is 0 Å². The average Bonchev–Trinajstić information content (AvgIpc) is 2.35. The molecule has 0 aliphatic heterocycles.